The molecule has 0 bridgehead atoms. The van der Waals surface area contributed by atoms with Crippen LogP contribution in [0.25, 0.3) is 10.8 Å². The molecule has 3 aromatic rings. The van der Waals surface area contributed by atoms with E-state index in [1.54, 1.807) is 25.3 Å². The lowest BCUT2D eigenvalue weighted by Gasteiger charge is -2.11. The molecule has 150 valence electrons. The number of carbonyl (C=O) groups is 2. The van der Waals surface area contributed by atoms with E-state index in [-0.39, 0.29) is 12.4 Å². The molecular formula is C22H21NO5S. The monoisotopic (exact) mass is 411 g/mol. The zero-order valence-corrected chi connectivity index (χ0v) is 17.0. The molecule has 0 saturated carbocycles. The number of hydrogen-bond donors (Lipinski definition) is 1. The number of benzene rings is 3. The summed E-state index contributed by atoms with van der Waals surface area (Å²) in [5, 5.41) is 4.91. The fraction of sp³-hybridized carbons (Fsp3) is 0.182. The van der Waals surface area contributed by atoms with E-state index in [0.29, 0.717) is 17.2 Å². The number of carbonyl (C=O) groups excluding carboxylic acids is 2. The largest absolute Gasteiger partial charge is 0.497 e. The van der Waals surface area contributed by atoms with E-state index in [9.17, 15) is 9.59 Å². The molecule has 0 aromatic heterocycles. The van der Waals surface area contributed by atoms with Crippen molar-refractivity contribution in [2.24, 2.45) is 0 Å². The van der Waals surface area contributed by atoms with Crippen LogP contribution in [0.4, 0.5) is 5.69 Å². The van der Waals surface area contributed by atoms with Crippen LogP contribution >= 0.6 is 11.8 Å². The maximum atomic E-state index is 12.1. The van der Waals surface area contributed by atoms with Crippen LogP contribution in [0.5, 0.6) is 11.5 Å². The van der Waals surface area contributed by atoms with Gasteiger partial charge in [0.05, 0.1) is 25.7 Å². The number of fused-ring (bicyclic) bond motifs is 1. The van der Waals surface area contributed by atoms with Crippen molar-refractivity contribution in [3.63, 3.8) is 0 Å². The quantitative estimate of drug-likeness (QED) is 0.444. The van der Waals surface area contributed by atoms with E-state index in [2.05, 4.69) is 5.32 Å². The van der Waals surface area contributed by atoms with Crippen molar-refractivity contribution in [3.05, 3.63) is 60.7 Å². The van der Waals surface area contributed by atoms with Gasteiger partial charge in [0.25, 0.3) is 5.91 Å². The molecule has 0 unspecified atom stereocenters. The average molecular weight is 411 g/mol. The number of rotatable bonds is 8. The third-order valence-corrected chi connectivity index (χ3v) is 5.09. The van der Waals surface area contributed by atoms with Crippen molar-refractivity contribution < 1.29 is 23.8 Å². The van der Waals surface area contributed by atoms with Gasteiger partial charge in [0.2, 0.25) is 0 Å². The van der Waals surface area contributed by atoms with E-state index < -0.39 is 11.9 Å². The molecule has 0 spiro atoms. The van der Waals surface area contributed by atoms with Crippen LogP contribution in [-0.2, 0) is 14.3 Å². The molecule has 0 heterocycles. The van der Waals surface area contributed by atoms with Crippen molar-refractivity contribution in [1.29, 1.82) is 0 Å². The van der Waals surface area contributed by atoms with Gasteiger partial charge in [-0.2, -0.15) is 0 Å². The second-order valence-electron chi connectivity index (χ2n) is 6.07. The van der Waals surface area contributed by atoms with Crippen molar-refractivity contribution in [2.45, 2.75) is 4.90 Å². The second-order valence-corrected chi connectivity index (χ2v) is 7.12. The Bertz CT molecular complexity index is 1020. The summed E-state index contributed by atoms with van der Waals surface area (Å²) in [6, 6.07) is 19.0. The van der Waals surface area contributed by atoms with Gasteiger partial charge in [0.1, 0.15) is 11.5 Å². The van der Waals surface area contributed by atoms with E-state index in [1.807, 2.05) is 42.5 Å². The minimum Gasteiger partial charge on any atom is -0.497 e. The SMILES string of the molecule is COc1ccc(NC(=O)COC(=O)CSc2ccc3ccccc3c2)c(OC)c1. The zero-order chi connectivity index (χ0) is 20.6. The highest BCUT2D eigenvalue weighted by Gasteiger charge is 2.12. The highest BCUT2D eigenvalue weighted by atomic mass is 32.2. The first-order valence-electron chi connectivity index (χ1n) is 8.88. The topological polar surface area (TPSA) is 73.9 Å². The fourth-order valence-corrected chi connectivity index (χ4v) is 3.42. The maximum Gasteiger partial charge on any atom is 0.316 e. The molecule has 1 N–H and O–H groups in total. The van der Waals surface area contributed by atoms with Gasteiger partial charge in [-0.1, -0.05) is 30.3 Å². The Morgan fingerprint density at radius 2 is 1.72 bits per heavy atom. The molecule has 0 aliphatic carbocycles. The van der Waals surface area contributed by atoms with Gasteiger partial charge >= 0.3 is 5.97 Å². The summed E-state index contributed by atoms with van der Waals surface area (Å²) < 4.78 is 15.4. The van der Waals surface area contributed by atoms with E-state index in [1.165, 1.54) is 18.9 Å². The predicted molar refractivity (Wildman–Crippen MR) is 114 cm³/mol. The van der Waals surface area contributed by atoms with Crippen molar-refractivity contribution in [1.82, 2.24) is 0 Å². The van der Waals surface area contributed by atoms with Gasteiger partial charge in [-0.3, -0.25) is 9.59 Å². The summed E-state index contributed by atoms with van der Waals surface area (Å²) in [5.74, 6) is 0.280. The van der Waals surface area contributed by atoms with E-state index in [4.69, 9.17) is 14.2 Å². The molecule has 3 rings (SSSR count). The summed E-state index contributed by atoms with van der Waals surface area (Å²) in [5.41, 5.74) is 0.472. The van der Waals surface area contributed by atoms with Crippen LogP contribution in [0.2, 0.25) is 0 Å². The first-order valence-corrected chi connectivity index (χ1v) is 9.86. The number of hydrogen-bond acceptors (Lipinski definition) is 6. The Morgan fingerprint density at radius 3 is 2.48 bits per heavy atom. The summed E-state index contributed by atoms with van der Waals surface area (Å²) in [7, 11) is 3.04. The minimum absolute atomic E-state index is 0.122. The lowest BCUT2D eigenvalue weighted by atomic mass is 10.1. The van der Waals surface area contributed by atoms with Crippen LogP contribution in [0.3, 0.4) is 0 Å². The normalized spacial score (nSPS) is 10.4. The van der Waals surface area contributed by atoms with Gasteiger partial charge in [-0.25, -0.2) is 0 Å². The first-order chi connectivity index (χ1) is 14.1. The summed E-state index contributed by atoms with van der Waals surface area (Å²) in [4.78, 5) is 25.0. The average Bonchev–Trinajstić information content (AvgIpc) is 2.76. The Labute approximate surface area is 173 Å². The molecular weight excluding hydrogens is 390 g/mol. The lowest BCUT2D eigenvalue weighted by Crippen LogP contribution is -2.21. The Morgan fingerprint density at radius 1 is 0.931 bits per heavy atom. The predicted octanol–water partition coefficient (Wildman–Crippen LogP) is 4.13. The number of thioether (sulfide) groups is 1. The second kappa shape index (κ2) is 9.84. The molecule has 29 heavy (non-hydrogen) atoms. The first kappa shape index (κ1) is 20.5. The van der Waals surface area contributed by atoms with Crippen LogP contribution in [-0.4, -0.2) is 38.5 Å². The van der Waals surface area contributed by atoms with E-state index >= 15 is 0 Å². The Balaban J connectivity index is 1.48. The Kier molecular flexibility index (Phi) is 6.97. The number of methoxy groups -OCH3 is 2. The zero-order valence-electron chi connectivity index (χ0n) is 16.1. The van der Waals surface area contributed by atoms with Gasteiger partial charge in [0.15, 0.2) is 6.61 Å². The molecule has 0 aliphatic rings. The molecule has 0 atom stereocenters. The Hall–Kier alpha value is -3.19. The van der Waals surface area contributed by atoms with Crippen LogP contribution in [0.15, 0.2) is 65.6 Å². The molecule has 0 fully saturated rings. The third kappa shape index (κ3) is 5.65. The van der Waals surface area contributed by atoms with Gasteiger partial charge < -0.3 is 19.5 Å². The summed E-state index contributed by atoms with van der Waals surface area (Å²) >= 11 is 1.37. The molecule has 6 nitrogen and oxygen atoms in total. The summed E-state index contributed by atoms with van der Waals surface area (Å²) in [6.45, 7) is -0.369. The number of anilines is 1. The number of nitrogens with one attached hydrogen (secondary N) is 1. The third-order valence-electron chi connectivity index (χ3n) is 4.12. The van der Waals surface area contributed by atoms with Gasteiger partial charge in [-0.15, -0.1) is 11.8 Å². The summed E-state index contributed by atoms with van der Waals surface area (Å²) in [6.07, 6.45) is 0. The van der Waals surface area contributed by atoms with Crippen molar-refractivity contribution in [3.8, 4) is 11.5 Å². The molecule has 0 saturated heterocycles. The number of ether oxygens (including phenoxy) is 3. The molecule has 3 aromatic carbocycles. The fourth-order valence-electron chi connectivity index (χ4n) is 2.68. The lowest BCUT2D eigenvalue weighted by molar-refractivity contribution is -0.144. The molecule has 1 amide bonds. The highest BCUT2D eigenvalue weighted by Crippen LogP contribution is 2.29. The molecule has 0 aliphatic heterocycles. The van der Waals surface area contributed by atoms with Gasteiger partial charge in [0, 0.05) is 11.0 Å². The van der Waals surface area contributed by atoms with E-state index in [0.717, 1.165) is 15.7 Å². The number of amides is 1. The maximum absolute atomic E-state index is 12.1. The molecule has 0 radical (unpaired) electrons. The van der Waals surface area contributed by atoms with Crippen LogP contribution in [0, 0.1) is 0 Å². The van der Waals surface area contributed by atoms with Crippen LogP contribution in [0.1, 0.15) is 0 Å². The standard InChI is InChI=1S/C22H21NO5S/c1-26-17-8-10-19(20(12-17)27-2)23-21(24)13-28-22(25)14-29-18-9-7-15-5-3-4-6-16(15)11-18/h3-12H,13-14H2,1-2H3,(H,23,24). The minimum atomic E-state index is -0.458. The van der Waals surface area contributed by atoms with Crippen molar-refractivity contribution >= 4 is 40.1 Å². The van der Waals surface area contributed by atoms with Crippen LogP contribution < -0.4 is 14.8 Å². The molecule has 7 heteroatoms. The van der Waals surface area contributed by atoms with Crippen molar-refractivity contribution in [2.75, 3.05) is 31.9 Å². The highest BCUT2D eigenvalue weighted by molar-refractivity contribution is 8.00. The number of esters is 1. The van der Waals surface area contributed by atoms with Gasteiger partial charge in [-0.05, 0) is 35.0 Å². The smallest absolute Gasteiger partial charge is 0.316 e.